The predicted molar refractivity (Wildman–Crippen MR) is 85.0 cm³/mol. The number of carbonyl (C=O) groups excluding carboxylic acids is 1. The quantitative estimate of drug-likeness (QED) is 0.848. The van der Waals surface area contributed by atoms with Gasteiger partial charge in [-0.3, -0.25) is 9.78 Å². The average Bonchev–Trinajstić information content (AvgIpc) is 2.98. The van der Waals surface area contributed by atoms with E-state index in [1.807, 2.05) is 5.38 Å². The number of nitrogens with one attached hydrogen (secondary N) is 1. The fourth-order valence-corrected chi connectivity index (χ4v) is 2.80. The van der Waals surface area contributed by atoms with Gasteiger partial charge in [0.2, 0.25) is 0 Å². The minimum atomic E-state index is -0.144. The molecule has 3 N–H and O–H groups in total. The van der Waals surface area contributed by atoms with E-state index in [0.29, 0.717) is 17.7 Å². The van der Waals surface area contributed by atoms with E-state index < -0.39 is 0 Å². The first-order valence-electron chi connectivity index (χ1n) is 6.72. The molecule has 0 aliphatic carbocycles. The van der Waals surface area contributed by atoms with E-state index in [4.69, 9.17) is 5.73 Å². The van der Waals surface area contributed by atoms with Crippen LogP contribution >= 0.6 is 11.3 Å². The van der Waals surface area contributed by atoms with Crippen LogP contribution in [0.2, 0.25) is 0 Å². The predicted octanol–water partition coefficient (Wildman–Crippen LogP) is 1.95. The molecular formula is C16H17N3OS. The van der Waals surface area contributed by atoms with Gasteiger partial charge in [-0.1, -0.05) is 18.8 Å². The maximum Gasteiger partial charge on any atom is 0.253 e. The summed E-state index contributed by atoms with van der Waals surface area (Å²) < 4.78 is 0. The van der Waals surface area contributed by atoms with E-state index in [2.05, 4.69) is 35.1 Å². The molecule has 2 aromatic heterocycles. The number of aromatic nitrogens is 1. The SMILES string of the molecule is CCc1ccsc1CNC(=O)c1cncc(C#CCN)c1. The van der Waals surface area contributed by atoms with Crippen molar-refractivity contribution >= 4 is 17.2 Å². The Morgan fingerprint density at radius 2 is 2.33 bits per heavy atom. The lowest BCUT2D eigenvalue weighted by Crippen LogP contribution is -2.23. The first kappa shape index (κ1) is 15.2. The maximum atomic E-state index is 12.1. The number of aryl methyl sites for hydroxylation is 1. The monoisotopic (exact) mass is 299 g/mol. The van der Waals surface area contributed by atoms with Gasteiger partial charge in [0.1, 0.15) is 0 Å². The largest absolute Gasteiger partial charge is 0.347 e. The molecule has 4 nitrogen and oxygen atoms in total. The second-order valence-electron chi connectivity index (χ2n) is 4.37. The van der Waals surface area contributed by atoms with Crippen LogP contribution in [0.15, 0.2) is 29.9 Å². The lowest BCUT2D eigenvalue weighted by molar-refractivity contribution is 0.0951. The molecule has 0 fully saturated rings. The van der Waals surface area contributed by atoms with Gasteiger partial charge in [0, 0.05) is 22.8 Å². The van der Waals surface area contributed by atoms with Gasteiger partial charge < -0.3 is 11.1 Å². The average molecular weight is 299 g/mol. The van der Waals surface area contributed by atoms with Crippen molar-refractivity contribution in [3.63, 3.8) is 0 Å². The number of amides is 1. The normalized spacial score (nSPS) is 9.81. The molecule has 1 amide bonds. The van der Waals surface area contributed by atoms with E-state index in [9.17, 15) is 4.79 Å². The van der Waals surface area contributed by atoms with Crippen LogP contribution in [-0.4, -0.2) is 17.4 Å². The van der Waals surface area contributed by atoms with Crippen LogP contribution in [0.4, 0.5) is 0 Å². The summed E-state index contributed by atoms with van der Waals surface area (Å²) in [6.07, 6.45) is 4.13. The highest BCUT2D eigenvalue weighted by molar-refractivity contribution is 7.10. The minimum Gasteiger partial charge on any atom is -0.347 e. The number of hydrogen-bond acceptors (Lipinski definition) is 4. The third-order valence-corrected chi connectivity index (χ3v) is 3.93. The number of thiophene rings is 1. The molecule has 2 rings (SSSR count). The number of rotatable bonds is 4. The molecule has 21 heavy (non-hydrogen) atoms. The molecule has 0 unspecified atom stereocenters. The zero-order chi connectivity index (χ0) is 15.1. The zero-order valence-electron chi connectivity index (χ0n) is 11.8. The summed E-state index contributed by atoms with van der Waals surface area (Å²) in [7, 11) is 0. The highest BCUT2D eigenvalue weighted by atomic mass is 32.1. The molecule has 108 valence electrons. The molecule has 0 aliphatic heterocycles. The zero-order valence-corrected chi connectivity index (χ0v) is 12.7. The van der Waals surface area contributed by atoms with Gasteiger partial charge in [-0.25, -0.2) is 0 Å². The smallest absolute Gasteiger partial charge is 0.253 e. The fraction of sp³-hybridized carbons (Fsp3) is 0.250. The second-order valence-corrected chi connectivity index (χ2v) is 5.37. The molecule has 5 heteroatoms. The third-order valence-electron chi connectivity index (χ3n) is 2.96. The highest BCUT2D eigenvalue weighted by Crippen LogP contribution is 2.17. The molecule has 0 aliphatic rings. The molecular weight excluding hydrogens is 282 g/mol. The highest BCUT2D eigenvalue weighted by Gasteiger charge is 2.08. The van der Waals surface area contributed by atoms with Crippen molar-refractivity contribution in [2.45, 2.75) is 19.9 Å². The molecule has 0 saturated carbocycles. The Kier molecular flexibility index (Phi) is 5.50. The Hall–Kier alpha value is -2.16. The molecule has 0 bridgehead atoms. The van der Waals surface area contributed by atoms with Crippen molar-refractivity contribution < 1.29 is 4.79 Å². The summed E-state index contributed by atoms with van der Waals surface area (Å²) in [5.41, 5.74) is 7.81. The van der Waals surface area contributed by atoms with Crippen LogP contribution < -0.4 is 11.1 Å². The first-order valence-corrected chi connectivity index (χ1v) is 7.60. The fourth-order valence-electron chi connectivity index (χ4n) is 1.89. The Balaban J connectivity index is 2.03. The van der Waals surface area contributed by atoms with Gasteiger partial charge in [0.25, 0.3) is 5.91 Å². The van der Waals surface area contributed by atoms with Crippen LogP contribution in [0.5, 0.6) is 0 Å². The molecule has 2 aromatic rings. The summed E-state index contributed by atoms with van der Waals surface area (Å²) in [4.78, 5) is 17.4. The van der Waals surface area contributed by atoms with Gasteiger partial charge in [-0.2, -0.15) is 0 Å². The molecule has 0 spiro atoms. The number of carbonyl (C=O) groups is 1. The summed E-state index contributed by atoms with van der Waals surface area (Å²) in [5, 5.41) is 4.96. The number of nitrogens with two attached hydrogens (primary N) is 1. The van der Waals surface area contributed by atoms with E-state index in [-0.39, 0.29) is 12.5 Å². The van der Waals surface area contributed by atoms with Gasteiger partial charge >= 0.3 is 0 Å². The molecule has 2 heterocycles. The standard InChI is InChI=1S/C16H17N3OS/c1-2-13-5-7-21-15(13)11-19-16(20)14-8-12(4-3-6-17)9-18-10-14/h5,7-10H,2,6,11,17H2,1H3,(H,19,20). The van der Waals surface area contributed by atoms with Crippen molar-refractivity contribution in [2.24, 2.45) is 5.73 Å². The van der Waals surface area contributed by atoms with Gasteiger partial charge in [-0.05, 0) is 29.5 Å². The summed E-state index contributed by atoms with van der Waals surface area (Å²) >= 11 is 1.66. The molecule has 0 atom stereocenters. The van der Waals surface area contributed by atoms with Gasteiger partial charge in [-0.15, -0.1) is 11.3 Å². The summed E-state index contributed by atoms with van der Waals surface area (Å²) in [6.45, 7) is 2.93. The first-order chi connectivity index (χ1) is 10.2. The third kappa shape index (κ3) is 4.15. The van der Waals surface area contributed by atoms with Gasteiger partial charge in [0.05, 0.1) is 18.7 Å². The van der Waals surface area contributed by atoms with Crippen LogP contribution in [0.25, 0.3) is 0 Å². The van der Waals surface area contributed by atoms with Crippen LogP contribution in [0, 0.1) is 11.8 Å². The Labute approximate surface area is 128 Å². The minimum absolute atomic E-state index is 0.144. The van der Waals surface area contributed by atoms with E-state index >= 15 is 0 Å². The van der Waals surface area contributed by atoms with Crippen molar-refractivity contribution in [1.29, 1.82) is 0 Å². The molecule has 0 radical (unpaired) electrons. The Bertz CT molecular complexity index is 682. The van der Waals surface area contributed by atoms with Crippen LogP contribution in [0.1, 0.15) is 33.3 Å². The van der Waals surface area contributed by atoms with Crippen molar-refractivity contribution in [3.8, 4) is 11.8 Å². The topological polar surface area (TPSA) is 68.0 Å². The van der Waals surface area contributed by atoms with E-state index in [1.54, 1.807) is 23.6 Å². The lowest BCUT2D eigenvalue weighted by Gasteiger charge is -2.05. The summed E-state index contributed by atoms with van der Waals surface area (Å²) in [6, 6.07) is 3.82. The van der Waals surface area contributed by atoms with Crippen LogP contribution in [0.3, 0.4) is 0 Å². The van der Waals surface area contributed by atoms with Crippen molar-refractivity contribution in [1.82, 2.24) is 10.3 Å². The molecule has 0 aromatic carbocycles. The summed E-state index contributed by atoms with van der Waals surface area (Å²) in [5.74, 6) is 5.48. The lowest BCUT2D eigenvalue weighted by atomic mass is 10.2. The second kappa shape index (κ2) is 7.58. The van der Waals surface area contributed by atoms with E-state index in [1.165, 1.54) is 16.6 Å². The number of hydrogen-bond donors (Lipinski definition) is 2. The number of nitrogens with zero attached hydrogens (tertiary/aromatic N) is 1. The number of pyridine rings is 1. The Morgan fingerprint density at radius 1 is 1.48 bits per heavy atom. The molecule has 0 saturated heterocycles. The van der Waals surface area contributed by atoms with Crippen LogP contribution in [-0.2, 0) is 13.0 Å². The van der Waals surface area contributed by atoms with E-state index in [0.717, 1.165) is 6.42 Å². The van der Waals surface area contributed by atoms with Gasteiger partial charge in [0.15, 0.2) is 0 Å². The Morgan fingerprint density at radius 3 is 3.10 bits per heavy atom. The maximum absolute atomic E-state index is 12.1. The van der Waals surface area contributed by atoms with Crippen molar-refractivity contribution in [2.75, 3.05) is 6.54 Å². The van der Waals surface area contributed by atoms with Crippen molar-refractivity contribution in [3.05, 3.63) is 51.5 Å².